The van der Waals surface area contributed by atoms with Gasteiger partial charge in [0.05, 0.1) is 11.4 Å². The molecule has 0 bridgehead atoms. The fourth-order valence-corrected chi connectivity index (χ4v) is 4.10. The highest BCUT2D eigenvalue weighted by atomic mass is 32.2. The average Bonchev–Trinajstić information content (AvgIpc) is 3.25. The summed E-state index contributed by atoms with van der Waals surface area (Å²) >= 11 is 1.62. The molecule has 132 valence electrons. The largest absolute Gasteiger partial charge is 0.320 e. The van der Waals surface area contributed by atoms with Crippen LogP contribution in [0, 0.1) is 6.92 Å². The Balaban J connectivity index is 1.73. The first kappa shape index (κ1) is 16.9. The Morgan fingerprint density at radius 3 is 2.69 bits per heavy atom. The van der Waals surface area contributed by atoms with E-state index in [0.29, 0.717) is 5.69 Å². The van der Waals surface area contributed by atoms with E-state index in [-0.39, 0.29) is 5.91 Å². The van der Waals surface area contributed by atoms with E-state index in [1.54, 1.807) is 11.8 Å². The maximum atomic E-state index is 13.0. The van der Waals surface area contributed by atoms with Gasteiger partial charge in [-0.15, -0.1) is 11.8 Å². The molecule has 0 saturated heterocycles. The maximum Gasteiger partial charge on any atom is 0.276 e. The molecule has 1 amide bonds. The van der Waals surface area contributed by atoms with E-state index < -0.39 is 0 Å². The molecule has 3 aromatic rings. The number of nitrogens with one attached hydrogen (secondary N) is 1. The van der Waals surface area contributed by atoms with Crippen LogP contribution in [-0.2, 0) is 12.8 Å². The zero-order valence-electron chi connectivity index (χ0n) is 15.0. The molecule has 0 spiro atoms. The van der Waals surface area contributed by atoms with Gasteiger partial charge in [-0.1, -0.05) is 30.3 Å². The van der Waals surface area contributed by atoms with Crippen LogP contribution >= 0.6 is 11.8 Å². The minimum atomic E-state index is -0.128. The number of benzene rings is 2. The molecule has 26 heavy (non-hydrogen) atoms. The van der Waals surface area contributed by atoms with Gasteiger partial charge in [-0.25, -0.2) is 4.68 Å². The van der Waals surface area contributed by atoms with Crippen molar-refractivity contribution in [1.82, 2.24) is 9.78 Å². The summed E-state index contributed by atoms with van der Waals surface area (Å²) in [6.07, 6.45) is 4.95. The van der Waals surface area contributed by atoms with Gasteiger partial charge in [0, 0.05) is 16.2 Å². The maximum absolute atomic E-state index is 13.0. The molecule has 1 heterocycles. The molecule has 5 heteroatoms. The normalized spacial score (nSPS) is 12.8. The SMILES string of the molecule is CSc1ccccc1NC(=O)c1nn(-c2ccccc2C)c2c1CCC2. The van der Waals surface area contributed by atoms with Gasteiger partial charge in [-0.2, -0.15) is 5.10 Å². The van der Waals surface area contributed by atoms with E-state index in [1.807, 2.05) is 47.3 Å². The molecular weight excluding hydrogens is 342 g/mol. The summed E-state index contributed by atoms with van der Waals surface area (Å²) in [4.78, 5) is 14.0. The van der Waals surface area contributed by atoms with Crippen LogP contribution in [0.25, 0.3) is 5.69 Å². The number of fused-ring (bicyclic) bond motifs is 1. The number of carbonyl (C=O) groups excluding carboxylic acids is 1. The van der Waals surface area contributed by atoms with Crippen molar-refractivity contribution < 1.29 is 4.79 Å². The molecule has 1 aromatic heterocycles. The molecule has 4 nitrogen and oxygen atoms in total. The lowest BCUT2D eigenvalue weighted by Crippen LogP contribution is -2.15. The lowest BCUT2D eigenvalue weighted by atomic mass is 10.1. The second kappa shape index (κ2) is 7.00. The summed E-state index contributed by atoms with van der Waals surface area (Å²) in [5, 5.41) is 7.76. The molecule has 1 N–H and O–H groups in total. The summed E-state index contributed by atoms with van der Waals surface area (Å²) in [6.45, 7) is 2.08. The first-order chi connectivity index (χ1) is 12.7. The number of aromatic nitrogens is 2. The molecule has 0 radical (unpaired) electrons. The fourth-order valence-electron chi connectivity index (χ4n) is 3.55. The van der Waals surface area contributed by atoms with Gasteiger partial charge in [0.1, 0.15) is 0 Å². The molecule has 2 aromatic carbocycles. The van der Waals surface area contributed by atoms with Crippen LogP contribution in [0.3, 0.4) is 0 Å². The van der Waals surface area contributed by atoms with Gasteiger partial charge in [-0.3, -0.25) is 4.79 Å². The first-order valence-corrected chi connectivity index (χ1v) is 10.0. The number of hydrogen-bond acceptors (Lipinski definition) is 3. The van der Waals surface area contributed by atoms with Crippen molar-refractivity contribution in [3.63, 3.8) is 0 Å². The number of carbonyl (C=O) groups is 1. The van der Waals surface area contributed by atoms with Gasteiger partial charge in [-0.05, 0) is 56.2 Å². The van der Waals surface area contributed by atoms with Crippen LogP contribution in [0.1, 0.15) is 33.7 Å². The minimum absolute atomic E-state index is 0.128. The molecule has 0 aliphatic heterocycles. The standard InChI is InChI=1S/C21H21N3OS/c1-14-8-3-5-11-17(14)24-18-12-7-9-15(18)20(23-24)21(25)22-16-10-4-6-13-19(16)26-2/h3-6,8,10-11,13H,7,9,12H2,1-2H3,(H,22,25). The zero-order valence-corrected chi connectivity index (χ0v) is 15.8. The molecule has 0 saturated carbocycles. The van der Waals surface area contributed by atoms with Crippen molar-refractivity contribution in [2.24, 2.45) is 0 Å². The molecule has 0 atom stereocenters. The third kappa shape index (κ3) is 2.92. The predicted molar refractivity (Wildman–Crippen MR) is 107 cm³/mol. The van der Waals surface area contributed by atoms with Crippen molar-refractivity contribution in [2.75, 3.05) is 11.6 Å². The van der Waals surface area contributed by atoms with E-state index in [1.165, 1.54) is 5.69 Å². The second-order valence-corrected chi connectivity index (χ2v) is 7.33. The van der Waals surface area contributed by atoms with Crippen molar-refractivity contribution in [1.29, 1.82) is 0 Å². The predicted octanol–water partition coefficient (Wildman–Crippen LogP) is 4.64. The van der Waals surface area contributed by atoms with E-state index in [2.05, 4.69) is 24.4 Å². The summed E-state index contributed by atoms with van der Waals surface area (Å²) in [6, 6.07) is 16.0. The minimum Gasteiger partial charge on any atom is -0.320 e. The summed E-state index contributed by atoms with van der Waals surface area (Å²) in [5.74, 6) is -0.128. The highest BCUT2D eigenvalue weighted by Gasteiger charge is 2.27. The summed E-state index contributed by atoms with van der Waals surface area (Å²) < 4.78 is 1.97. The highest BCUT2D eigenvalue weighted by Crippen LogP contribution is 2.30. The number of para-hydroxylation sites is 2. The van der Waals surface area contributed by atoms with Crippen LogP contribution in [0.15, 0.2) is 53.4 Å². The third-order valence-electron chi connectivity index (χ3n) is 4.84. The number of thioether (sulfide) groups is 1. The van der Waals surface area contributed by atoms with Crippen LogP contribution < -0.4 is 5.32 Å². The Hall–Kier alpha value is -2.53. The number of aryl methyl sites for hydroxylation is 1. The lowest BCUT2D eigenvalue weighted by molar-refractivity contribution is 0.102. The average molecular weight is 363 g/mol. The van der Waals surface area contributed by atoms with Gasteiger partial charge >= 0.3 is 0 Å². The van der Waals surface area contributed by atoms with Gasteiger partial charge in [0.2, 0.25) is 0 Å². The zero-order chi connectivity index (χ0) is 18.1. The molecule has 0 fully saturated rings. The van der Waals surface area contributed by atoms with Crippen LogP contribution in [0.4, 0.5) is 5.69 Å². The molecule has 4 rings (SSSR count). The lowest BCUT2D eigenvalue weighted by Gasteiger charge is -2.09. The number of hydrogen-bond donors (Lipinski definition) is 1. The van der Waals surface area contributed by atoms with Crippen LogP contribution in [-0.4, -0.2) is 21.9 Å². The van der Waals surface area contributed by atoms with Crippen molar-refractivity contribution >= 4 is 23.4 Å². The third-order valence-corrected chi connectivity index (χ3v) is 5.64. The topological polar surface area (TPSA) is 46.9 Å². The van der Waals surface area contributed by atoms with E-state index in [9.17, 15) is 4.79 Å². The van der Waals surface area contributed by atoms with E-state index in [4.69, 9.17) is 5.10 Å². The Labute approximate surface area is 157 Å². The molecular formula is C21H21N3OS. The van der Waals surface area contributed by atoms with E-state index in [0.717, 1.165) is 46.7 Å². The Morgan fingerprint density at radius 1 is 1.12 bits per heavy atom. The van der Waals surface area contributed by atoms with Gasteiger partial charge in [0.15, 0.2) is 5.69 Å². The molecule has 0 unspecified atom stereocenters. The number of rotatable bonds is 4. The van der Waals surface area contributed by atoms with Gasteiger partial charge in [0.25, 0.3) is 5.91 Å². The Kier molecular flexibility index (Phi) is 4.55. The van der Waals surface area contributed by atoms with Gasteiger partial charge < -0.3 is 5.32 Å². The van der Waals surface area contributed by atoms with E-state index >= 15 is 0 Å². The Bertz CT molecular complexity index is 977. The molecule has 1 aliphatic rings. The number of nitrogens with zero attached hydrogens (tertiary/aromatic N) is 2. The van der Waals surface area contributed by atoms with Crippen LogP contribution in [0.2, 0.25) is 0 Å². The van der Waals surface area contributed by atoms with Crippen molar-refractivity contribution in [3.05, 3.63) is 71.0 Å². The smallest absolute Gasteiger partial charge is 0.276 e. The summed E-state index contributed by atoms with van der Waals surface area (Å²) in [5.41, 5.74) is 5.85. The van der Waals surface area contributed by atoms with Crippen LogP contribution in [0.5, 0.6) is 0 Å². The quantitative estimate of drug-likeness (QED) is 0.687. The number of amides is 1. The van der Waals surface area contributed by atoms with Crippen molar-refractivity contribution in [2.45, 2.75) is 31.1 Å². The first-order valence-electron chi connectivity index (χ1n) is 8.80. The second-order valence-electron chi connectivity index (χ2n) is 6.48. The Morgan fingerprint density at radius 2 is 1.88 bits per heavy atom. The van der Waals surface area contributed by atoms with Crippen molar-refractivity contribution in [3.8, 4) is 5.69 Å². The summed E-state index contributed by atoms with van der Waals surface area (Å²) in [7, 11) is 0. The molecule has 1 aliphatic carbocycles. The number of anilines is 1. The monoisotopic (exact) mass is 363 g/mol. The highest BCUT2D eigenvalue weighted by molar-refractivity contribution is 7.98. The fraction of sp³-hybridized carbons (Fsp3) is 0.238.